The van der Waals surface area contributed by atoms with Crippen molar-refractivity contribution >= 4 is 5.78 Å². The van der Waals surface area contributed by atoms with Crippen molar-refractivity contribution in [3.63, 3.8) is 0 Å². The third-order valence-electron chi connectivity index (χ3n) is 3.46. The van der Waals surface area contributed by atoms with Crippen LogP contribution in [0.4, 0.5) is 0 Å². The molecule has 0 aliphatic heterocycles. The molecule has 1 saturated carbocycles. The van der Waals surface area contributed by atoms with Crippen LogP contribution in [-0.2, 0) is 4.79 Å². The third kappa shape index (κ3) is 2.82. The lowest BCUT2D eigenvalue weighted by atomic mass is 9.76. The summed E-state index contributed by atoms with van der Waals surface area (Å²) >= 11 is 0. The minimum Gasteiger partial charge on any atom is -0.299 e. The molecular weight excluding hydrogens is 160 g/mol. The van der Waals surface area contributed by atoms with Crippen LogP contribution < -0.4 is 0 Å². The Morgan fingerprint density at radius 2 is 1.77 bits per heavy atom. The molecule has 0 aromatic carbocycles. The average Bonchev–Trinajstić information content (AvgIpc) is 2.14. The van der Waals surface area contributed by atoms with Crippen molar-refractivity contribution in [2.45, 2.75) is 53.4 Å². The topological polar surface area (TPSA) is 17.1 Å². The molecule has 1 fully saturated rings. The molecule has 2 atom stereocenters. The van der Waals surface area contributed by atoms with Crippen LogP contribution in [0.25, 0.3) is 0 Å². The zero-order valence-corrected chi connectivity index (χ0v) is 9.39. The highest BCUT2D eigenvalue weighted by atomic mass is 16.1. The van der Waals surface area contributed by atoms with Gasteiger partial charge in [0.2, 0.25) is 0 Å². The van der Waals surface area contributed by atoms with Crippen LogP contribution in [0.2, 0.25) is 0 Å². The largest absolute Gasteiger partial charge is 0.299 e. The van der Waals surface area contributed by atoms with E-state index in [0.29, 0.717) is 17.1 Å². The summed E-state index contributed by atoms with van der Waals surface area (Å²) in [7, 11) is 0. The minimum absolute atomic E-state index is 0.312. The summed E-state index contributed by atoms with van der Waals surface area (Å²) in [6.45, 7) is 8.95. The van der Waals surface area contributed by atoms with Gasteiger partial charge in [-0.1, -0.05) is 27.7 Å². The molecule has 0 unspecified atom stereocenters. The lowest BCUT2D eigenvalue weighted by molar-refractivity contribution is -0.122. The van der Waals surface area contributed by atoms with Crippen LogP contribution >= 0.6 is 0 Å². The Morgan fingerprint density at radius 1 is 1.15 bits per heavy atom. The molecule has 1 rings (SSSR count). The summed E-state index contributed by atoms with van der Waals surface area (Å²) < 4.78 is 0. The summed E-state index contributed by atoms with van der Waals surface area (Å²) in [6.07, 6.45) is 4.24. The summed E-state index contributed by atoms with van der Waals surface area (Å²) in [4.78, 5) is 11.5. The van der Waals surface area contributed by atoms with Crippen molar-refractivity contribution in [2.24, 2.45) is 17.3 Å². The van der Waals surface area contributed by atoms with Gasteiger partial charge < -0.3 is 0 Å². The molecule has 0 saturated heterocycles. The minimum atomic E-state index is 0.312. The molecule has 0 spiro atoms. The average molecular weight is 182 g/mol. The van der Waals surface area contributed by atoms with Gasteiger partial charge in [0.1, 0.15) is 5.78 Å². The fourth-order valence-corrected chi connectivity index (χ4v) is 2.19. The maximum atomic E-state index is 11.5. The van der Waals surface area contributed by atoms with E-state index in [0.717, 1.165) is 25.2 Å². The molecule has 1 aliphatic rings. The lowest BCUT2D eigenvalue weighted by Crippen LogP contribution is -2.19. The summed E-state index contributed by atoms with van der Waals surface area (Å²) in [6, 6.07) is 0. The zero-order chi connectivity index (χ0) is 10.1. The van der Waals surface area contributed by atoms with Crippen LogP contribution in [0.1, 0.15) is 53.4 Å². The first-order valence-electron chi connectivity index (χ1n) is 5.44. The second-order valence-electron chi connectivity index (χ2n) is 5.55. The normalized spacial score (nSPS) is 31.5. The van der Waals surface area contributed by atoms with E-state index < -0.39 is 0 Å². The van der Waals surface area contributed by atoms with E-state index in [2.05, 4.69) is 27.7 Å². The SMILES string of the molecule is C[C@@H]1CC[C@@H](C(C)(C)C)CCC1=O. The molecule has 0 amide bonds. The first kappa shape index (κ1) is 10.7. The van der Waals surface area contributed by atoms with Crippen LogP contribution in [0.3, 0.4) is 0 Å². The van der Waals surface area contributed by atoms with Crippen molar-refractivity contribution < 1.29 is 4.79 Å². The molecule has 0 aromatic rings. The van der Waals surface area contributed by atoms with E-state index in [-0.39, 0.29) is 0 Å². The summed E-state index contributed by atoms with van der Waals surface area (Å²) in [5, 5.41) is 0. The molecular formula is C12H22O. The Labute approximate surface area is 81.9 Å². The first-order chi connectivity index (χ1) is 5.91. The van der Waals surface area contributed by atoms with Gasteiger partial charge in [0.05, 0.1) is 0 Å². The van der Waals surface area contributed by atoms with Gasteiger partial charge in [0.25, 0.3) is 0 Å². The number of carbonyl (C=O) groups excluding carboxylic acids is 1. The first-order valence-corrected chi connectivity index (χ1v) is 5.44. The predicted octanol–water partition coefficient (Wildman–Crippen LogP) is 3.43. The van der Waals surface area contributed by atoms with Gasteiger partial charge in [0.15, 0.2) is 0 Å². The molecule has 0 aromatic heterocycles. The maximum absolute atomic E-state index is 11.5. The van der Waals surface area contributed by atoms with E-state index in [1.807, 2.05) is 0 Å². The molecule has 0 bridgehead atoms. The summed E-state index contributed by atoms with van der Waals surface area (Å²) in [5.74, 6) is 1.53. The number of Topliss-reactive ketones (excluding diaryl/α,β-unsaturated/α-hetero) is 1. The summed E-state index contributed by atoms with van der Waals surface area (Å²) in [5.41, 5.74) is 0.379. The number of rotatable bonds is 0. The highest BCUT2D eigenvalue weighted by Crippen LogP contribution is 2.37. The van der Waals surface area contributed by atoms with Gasteiger partial charge in [0, 0.05) is 12.3 Å². The number of carbonyl (C=O) groups is 1. The van der Waals surface area contributed by atoms with E-state index in [9.17, 15) is 4.79 Å². The fraction of sp³-hybridized carbons (Fsp3) is 0.917. The van der Waals surface area contributed by atoms with Gasteiger partial charge in [-0.2, -0.15) is 0 Å². The molecule has 0 radical (unpaired) electrons. The molecule has 1 nitrogen and oxygen atoms in total. The Morgan fingerprint density at radius 3 is 2.31 bits per heavy atom. The van der Waals surface area contributed by atoms with E-state index in [1.165, 1.54) is 6.42 Å². The van der Waals surface area contributed by atoms with Crippen molar-refractivity contribution in [3.8, 4) is 0 Å². The smallest absolute Gasteiger partial charge is 0.135 e. The third-order valence-corrected chi connectivity index (χ3v) is 3.46. The number of ketones is 1. The Balaban J connectivity index is 2.59. The van der Waals surface area contributed by atoms with Gasteiger partial charge in [-0.3, -0.25) is 4.79 Å². The van der Waals surface area contributed by atoms with E-state index in [4.69, 9.17) is 0 Å². The quantitative estimate of drug-likeness (QED) is 0.524. The standard InChI is InChI=1S/C12H22O/c1-9-5-6-10(12(2,3)4)7-8-11(9)13/h9-10H,5-8H2,1-4H3/t9-,10-/m1/s1. The molecule has 1 heteroatoms. The van der Waals surface area contributed by atoms with Gasteiger partial charge >= 0.3 is 0 Å². The van der Waals surface area contributed by atoms with Crippen LogP contribution in [0, 0.1) is 17.3 Å². The Hall–Kier alpha value is -0.330. The Bertz CT molecular complexity index is 188. The van der Waals surface area contributed by atoms with Gasteiger partial charge in [-0.05, 0) is 30.6 Å². The fourth-order valence-electron chi connectivity index (χ4n) is 2.19. The predicted molar refractivity (Wildman–Crippen MR) is 55.6 cm³/mol. The Kier molecular flexibility index (Phi) is 3.15. The van der Waals surface area contributed by atoms with Crippen molar-refractivity contribution in [1.29, 1.82) is 0 Å². The highest BCUT2D eigenvalue weighted by Gasteiger charge is 2.29. The van der Waals surface area contributed by atoms with Crippen LogP contribution in [0.15, 0.2) is 0 Å². The number of hydrogen-bond donors (Lipinski definition) is 0. The van der Waals surface area contributed by atoms with Crippen LogP contribution in [-0.4, -0.2) is 5.78 Å². The van der Waals surface area contributed by atoms with Gasteiger partial charge in [-0.25, -0.2) is 0 Å². The van der Waals surface area contributed by atoms with Crippen molar-refractivity contribution in [2.75, 3.05) is 0 Å². The zero-order valence-electron chi connectivity index (χ0n) is 9.39. The molecule has 1 aliphatic carbocycles. The van der Waals surface area contributed by atoms with Crippen molar-refractivity contribution in [1.82, 2.24) is 0 Å². The second-order valence-corrected chi connectivity index (χ2v) is 5.55. The van der Waals surface area contributed by atoms with Crippen LogP contribution in [0.5, 0.6) is 0 Å². The molecule has 0 heterocycles. The maximum Gasteiger partial charge on any atom is 0.135 e. The van der Waals surface area contributed by atoms with E-state index in [1.54, 1.807) is 0 Å². The van der Waals surface area contributed by atoms with E-state index >= 15 is 0 Å². The molecule has 13 heavy (non-hydrogen) atoms. The molecule has 76 valence electrons. The monoisotopic (exact) mass is 182 g/mol. The highest BCUT2D eigenvalue weighted by molar-refractivity contribution is 5.80. The lowest BCUT2D eigenvalue weighted by Gasteiger charge is -2.29. The second kappa shape index (κ2) is 3.81. The van der Waals surface area contributed by atoms with Gasteiger partial charge in [-0.15, -0.1) is 0 Å². The molecule has 0 N–H and O–H groups in total. The number of hydrogen-bond acceptors (Lipinski definition) is 1. The van der Waals surface area contributed by atoms with Crippen molar-refractivity contribution in [3.05, 3.63) is 0 Å².